The lowest BCUT2D eigenvalue weighted by Crippen LogP contribution is -2.55. The number of benzene rings is 1. The van der Waals surface area contributed by atoms with Crippen LogP contribution in [0.25, 0.3) is 0 Å². The van der Waals surface area contributed by atoms with Crippen molar-refractivity contribution in [2.24, 2.45) is 0 Å². The van der Waals surface area contributed by atoms with Crippen LogP contribution in [0, 0.1) is 10.1 Å². The highest BCUT2D eigenvalue weighted by atomic mass is 79.9. The van der Waals surface area contributed by atoms with E-state index in [1.165, 1.54) is 0 Å². The lowest BCUT2D eigenvalue weighted by molar-refractivity contribution is -0.385. The van der Waals surface area contributed by atoms with E-state index in [9.17, 15) is 10.1 Å². The van der Waals surface area contributed by atoms with E-state index in [-0.39, 0.29) is 10.6 Å². The number of hydrogen-bond donors (Lipinski definition) is 1. The molecule has 5 nitrogen and oxygen atoms in total. The molecule has 0 radical (unpaired) electrons. The standard InChI is InChI=1S/C15H22BrN3O2/c1-3-13-10-18(14(4-2)8-17-13)9-11-5-6-12(16)7-15(11)19(20)21/h5-7,13-14,17H,3-4,8-10H2,1-2H3. The van der Waals surface area contributed by atoms with Crippen LogP contribution in [-0.2, 0) is 6.54 Å². The normalized spacial score (nSPS) is 23.2. The molecule has 1 saturated heterocycles. The average molecular weight is 356 g/mol. The van der Waals surface area contributed by atoms with E-state index < -0.39 is 0 Å². The van der Waals surface area contributed by atoms with Crippen LogP contribution < -0.4 is 5.32 Å². The summed E-state index contributed by atoms with van der Waals surface area (Å²) < 4.78 is 0.747. The van der Waals surface area contributed by atoms with Crippen LogP contribution in [0.1, 0.15) is 32.3 Å². The molecular formula is C15H22BrN3O2. The molecule has 0 spiro atoms. The fraction of sp³-hybridized carbons (Fsp3) is 0.600. The number of hydrogen-bond acceptors (Lipinski definition) is 4. The van der Waals surface area contributed by atoms with Gasteiger partial charge in [-0.25, -0.2) is 0 Å². The first-order valence-corrected chi connectivity index (χ1v) is 8.24. The molecule has 1 fully saturated rings. The first-order chi connectivity index (χ1) is 10.0. The maximum atomic E-state index is 11.2. The van der Waals surface area contributed by atoms with Crippen molar-refractivity contribution in [2.75, 3.05) is 13.1 Å². The maximum absolute atomic E-state index is 11.2. The van der Waals surface area contributed by atoms with Gasteiger partial charge in [0.05, 0.1) is 4.92 Å². The van der Waals surface area contributed by atoms with Gasteiger partial charge in [0.15, 0.2) is 0 Å². The van der Waals surface area contributed by atoms with Crippen LogP contribution in [0.4, 0.5) is 5.69 Å². The minimum absolute atomic E-state index is 0.200. The molecule has 0 aromatic heterocycles. The van der Waals surface area contributed by atoms with Crippen molar-refractivity contribution < 1.29 is 4.92 Å². The van der Waals surface area contributed by atoms with Crippen molar-refractivity contribution in [3.05, 3.63) is 38.3 Å². The molecule has 116 valence electrons. The number of nitrogens with one attached hydrogen (secondary N) is 1. The minimum atomic E-state index is -0.291. The van der Waals surface area contributed by atoms with Gasteiger partial charge in [-0.15, -0.1) is 0 Å². The number of piperazine rings is 1. The van der Waals surface area contributed by atoms with Gasteiger partial charge in [-0.05, 0) is 25.0 Å². The Kier molecular flexibility index (Phi) is 5.72. The summed E-state index contributed by atoms with van der Waals surface area (Å²) in [7, 11) is 0. The van der Waals surface area contributed by atoms with Crippen LogP contribution in [0.2, 0.25) is 0 Å². The Morgan fingerprint density at radius 1 is 1.43 bits per heavy atom. The SMILES string of the molecule is CCC1CN(Cc2ccc(Br)cc2[N+](=O)[O-])C(CC)CN1. The van der Waals surface area contributed by atoms with Crippen molar-refractivity contribution in [1.29, 1.82) is 0 Å². The molecule has 0 bridgehead atoms. The molecule has 1 aromatic carbocycles. The maximum Gasteiger partial charge on any atom is 0.275 e. The summed E-state index contributed by atoms with van der Waals surface area (Å²) in [6.45, 7) is 6.88. The second kappa shape index (κ2) is 7.33. The van der Waals surface area contributed by atoms with Crippen LogP contribution in [0.3, 0.4) is 0 Å². The summed E-state index contributed by atoms with van der Waals surface area (Å²) in [5.74, 6) is 0. The second-order valence-corrected chi connectivity index (χ2v) is 6.45. The highest BCUT2D eigenvalue weighted by Gasteiger charge is 2.27. The smallest absolute Gasteiger partial charge is 0.275 e. The third-order valence-corrected chi connectivity index (χ3v) is 4.69. The van der Waals surface area contributed by atoms with E-state index in [4.69, 9.17) is 0 Å². The predicted octanol–water partition coefficient (Wildman–Crippen LogP) is 3.32. The van der Waals surface area contributed by atoms with E-state index in [0.29, 0.717) is 18.6 Å². The minimum Gasteiger partial charge on any atom is -0.311 e. The number of rotatable bonds is 5. The van der Waals surface area contributed by atoms with Gasteiger partial charge in [0.2, 0.25) is 0 Å². The molecule has 2 unspecified atom stereocenters. The molecule has 1 heterocycles. The van der Waals surface area contributed by atoms with Gasteiger partial charge in [0, 0.05) is 47.8 Å². The quantitative estimate of drug-likeness (QED) is 0.650. The van der Waals surface area contributed by atoms with Crippen molar-refractivity contribution >= 4 is 21.6 Å². The first kappa shape index (κ1) is 16.4. The van der Waals surface area contributed by atoms with Gasteiger partial charge in [-0.1, -0.05) is 29.8 Å². The van der Waals surface area contributed by atoms with Crippen molar-refractivity contribution in [3.63, 3.8) is 0 Å². The van der Waals surface area contributed by atoms with E-state index in [1.807, 2.05) is 12.1 Å². The zero-order chi connectivity index (χ0) is 15.4. The number of nitrogens with zero attached hydrogens (tertiary/aromatic N) is 2. The highest BCUT2D eigenvalue weighted by molar-refractivity contribution is 9.10. The van der Waals surface area contributed by atoms with E-state index in [2.05, 4.69) is 40.0 Å². The average Bonchev–Trinajstić information content (AvgIpc) is 2.48. The number of halogens is 1. The molecule has 2 atom stereocenters. The number of nitro benzene ring substituents is 1. The third kappa shape index (κ3) is 4.02. The summed E-state index contributed by atoms with van der Waals surface area (Å²) in [5.41, 5.74) is 0.990. The zero-order valence-electron chi connectivity index (χ0n) is 12.5. The molecule has 2 rings (SSSR count). The van der Waals surface area contributed by atoms with Gasteiger partial charge in [-0.3, -0.25) is 15.0 Å². The Morgan fingerprint density at radius 2 is 2.19 bits per heavy atom. The highest BCUT2D eigenvalue weighted by Crippen LogP contribution is 2.26. The summed E-state index contributed by atoms with van der Waals surface area (Å²) >= 11 is 3.31. The lowest BCUT2D eigenvalue weighted by Gasteiger charge is -2.40. The Hall–Kier alpha value is -0.980. The molecule has 21 heavy (non-hydrogen) atoms. The topological polar surface area (TPSA) is 58.4 Å². The number of nitro groups is 1. The first-order valence-electron chi connectivity index (χ1n) is 7.45. The van der Waals surface area contributed by atoms with Crippen molar-refractivity contribution in [1.82, 2.24) is 10.2 Å². The van der Waals surface area contributed by atoms with E-state index >= 15 is 0 Å². The van der Waals surface area contributed by atoms with E-state index in [0.717, 1.165) is 36.0 Å². The van der Waals surface area contributed by atoms with E-state index in [1.54, 1.807) is 6.07 Å². The molecule has 1 aliphatic rings. The second-order valence-electron chi connectivity index (χ2n) is 5.54. The monoisotopic (exact) mass is 355 g/mol. The summed E-state index contributed by atoms with van der Waals surface area (Å²) in [6, 6.07) is 6.24. The lowest BCUT2D eigenvalue weighted by atomic mass is 10.0. The third-order valence-electron chi connectivity index (χ3n) is 4.19. The van der Waals surface area contributed by atoms with Gasteiger partial charge in [-0.2, -0.15) is 0 Å². The van der Waals surface area contributed by atoms with Crippen LogP contribution >= 0.6 is 15.9 Å². The Labute approximate surface area is 134 Å². The van der Waals surface area contributed by atoms with Crippen LogP contribution in [-0.4, -0.2) is 35.0 Å². The summed E-state index contributed by atoms with van der Waals surface area (Å²) in [6.07, 6.45) is 2.13. The molecule has 6 heteroatoms. The fourth-order valence-corrected chi connectivity index (χ4v) is 3.21. The molecule has 0 amide bonds. The molecule has 1 N–H and O–H groups in total. The molecule has 1 aliphatic heterocycles. The molecule has 0 saturated carbocycles. The van der Waals surface area contributed by atoms with Gasteiger partial charge in [0.25, 0.3) is 5.69 Å². The zero-order valence-corrected chi connectivity index (χ0v) is 14.1. The van der Waals surface area contributed by atoms with Crippen molar-refractivity contribution in [2.45, 2.75) is 45.3 Å². The van der Waals surface area contributed by atoms with Crippen LogP contribution in [0.5, 0.6) is 0 Å². The van der Waals surface area contributed by atoms with Gasteiger partial charge < -0.3 is 5.32 Å². The summed E-state index contributed by atoms with van der Waals surface area (Å²) in [5, 5.41) is 14.8. The summed E-state index contributed by atoms with van der Waals surface area (Å²) in [4.78, 5) is 13.3. The Morgan fingerprint density at radius 3 is 2.81 bits per heavy atom. The van der Waals surface area contributed by atoms with Gasteiger partial charge in [0.1, 0.15) is 0 Å². The van der Waals surface area contributed by atoms with Crippen molar-refractivity contribution in [3.8, 4) is 0 Å². The van der Waals surface area contributed by atoms with Gasteiger partial charge >= 0.3 is 0 Å². The Bertz CT molecular complexity index is 510. The Balaban J connectivity index is 2.20. The van der Waals surface area contributed by atoms with Crippen LogP contribution in [0.15, 0.2) is 22.7 Å². The molecule has 1 aromatic rings. The molecular weight excluding hydrogens is 334 g/mol. The largest absolute Gasteiger partial charge is 0.311 e. The molecule has 0 aliphatic carbocycles. The predicted molar refractivity (Wildman–Crippen MR) is 87.4 cm³/mol. The fourth-order valence-electron chi connectivity index (χ4n) is 2.86.